The van der Waals surface area contributed by atoms with Crippen LogP contribution in [0.15, 0.2) is 0 Å². The normalized spacial score (nSPS) is 26.0. The summed E-state index contributed by atoms with van der Waals surface area (Å²) >= 11 is 0. The van der Waals surface area contributed by atoms with Crippen molar-refractivity contribution in [1.29, 1.82) is 0 Å². The van der Waals surface area contributed by atoms with Crippen molar-refractivity contribution in [3.05, 3.63) is 0 Å². The van der Waals surface area contributed by atoms with Crippen molar-refractivity contribution in [2.75, 3.05) is 0 Å². The standard InChI is InChI=1S/C12H22O/c1-3-6-10(2)9-11-7-4-5-8-12(11)13/h10-11H,3-9H2,1-2H3/t10-,11-/m0/s1. The van der Waals surface area contributed by atoms with Gasteiger partial charge in [-0.1, -0.05) is 33.1 Å². The van der Waals surface area contributed by atoms with Crippen molar-refractivity contribution in [3.63, 3.8) is 0 Å². The molecule has 1 aliphatic carbocycles. The number of carbonyl (C=O) groups excluding carboxylic acids is 1. The van der Waals surface area contributed by atoms with E-state index in [2.05, 4.69) is 13.8 Å². The minimum absolute atomic E-state index is 0.412. The van der Waals surface area contributed by atoms with E-state index < -0.39 is 0 Å². The van der Waals surface area contributed by atoms with Gasteiger partial charge in [-0.3, -0.25) is 4.79 Å². The molecule has 0 bridgehead atoms. The molecule has 0 N–H and O–H groups in total. The molecule has 0 saturated heterocycles. The minimum atomic E-state index is 0.412. The van der Waals surface area contributed by atoms with E-state index in [4.69, 9.17) is 0 Å². The van der Waals surface area contributed by atoms with E-state index in [9.17, 15) is 4.79 Å². The Bertz CT molecular complexity index is 163. The molecule has 0 heterocycles. The van der Waals surface area contributed by atoms with Gasteiger partial charge in [0.25, 0.3) is 0 Å². The highest BCUT2D eigenvalue weighted by Crippen LogP contribution is 2.27. The molecular formula is C12H22O. The topological polar surface area (TPSA) is 17.1 Å². The zero-order valence-electron chi connectivity index (χ0n) is 9.01. The molecule has 1 rings (SSSR count). The third kappa shape index (κ3) is 3.50. The van der Waals surface area contributed by atoms with Crippen LogP contribution in [0.5, 0.6) is 0 Å². The molecule has 76 valence electrons. The fourth-order valence-corrected chi connectivity index (χ4v) is 2.40. The van der Waals surface area contributed by atoms with Crippen molar-refractivity contribution >= 4 is 5.78 Å². The fraction of sp³-hybridized carbons (Fsp3) is 0.917. The van der Waals surface area contributed by atoms with E-state index >= 15 is 0 Å². The Morgan fingerprint density at radius 3 is 2.85 bits per heavy atom. The van der Waals surface area contributed by atoms with Crippen LogP contribution >= 0.6 is 0 Å². The highest BCUT2D eigenvalue weighted by atomic mass is 16.1. The van der Waals surface area contributed by atoms with Gasteiger partial charge in [0.1, 0.15) is 5.78 Å². The van der Waals surface area contributed by atoms with E-state index in [1.54, 1.807) is 0 Å². The molecular weight excluding hydrogens is 160 g/mol. The largest absolute Gasteiger partial charge is 0.299 e. The van der Waals surface area contributed by atoms with Crippen molar-refractivity contribution in [3.8, 4) is 0 Å². The first kappa shape index (κ1) is 10.7. The molecule has 2 atom stereocenters. The highest BCUT2D eigenvalue weighted by Gasteiger charge is 2.23. The number of carbonyl (C=O) groups is 1. The first-order valence-corrected chi connectivity index (χ1v) is 5.76. The smallest absolute Gasteiger partial charge is 0.135 e. The van der Waals surface area contributed by atoms with Gasteiger partial charge in [-0.25, -0.2) is 0 Å². The minimum Gasteiger partial charge on any atom is -0.299 e. The van der Waals surface area contributed by atoms with Crippen LogP contribution in [0.1, 0.15) is 58.8 Å². The second-order valence-corrected chi connectivity index (χ2v) is 4.54. The maximum absolute atomic E-state index is 11.5. The number of rotatable bonds is 4. The summed E-state index contributed by atoms with van der Waals surface area (Å²) in [5.41, 5.74) is 0. The average Bonchev–Trinajstić information content (AvgIpc) is 2.09. The predicted molar refractivity (Wildman–Crippen MR) is 55.7 cm³/mol. The molecule has 1 heteroatoms. The van der Waals surface area contributed by atoms with Gasteiger partial charge in [0.2, 0.25) is 0 Å². The quantitative estimate of drug-likeness (QED) is 0.649. The van der Waals surface area contributed by atoms with Crippen LogP contribution < -0.4 is 0 Å². The van der Waals surface area contributed by atoms with Gasteiger partial charge in [0.15, 0.2) is 0 Å². The second kappa shape index (κ2) is 5.41. The van der Waals surface area contributed by atoms with Gasteiger partial charge in [0, 0.05) is 12.3 Å². The molecule has 0 radical (unpaired) electrons. The van der Waals surface area contributed by atoms with Crippen LogP contribution in [0, 0.1) is 11.8 Å². The Morgan fingerprint density at radius 2 is 2.23 bits per heavy atom. The number of Topliss-reactive ketones (excluding diaryl/α,β-unsaturated/α-hetero) is 1. The Labute approximate surface area is 81.9 Å². The lowest BCUT2D eigenvalue weighted by atomic mass is 9.81. The maximum Gasteiger partial charge on any atom is 0.135 e. The zero-order valence-corrected chi connectivity index (χ0v) is 9.01. The van der Waals surface area contributed by atoms with E-state index in [1.165, 1.54) is 19.3 Å². The van der Waals surface area contributed by atoms with Crippen LogP contribution in [0.3, 0.4) is 0 Å². The fourth-order valence-electron chi connectivity index (χ4n) is 2.40. The molecule has 0 spiro atoms. The summed E-state index contributed by atoms with van der Waals surface area (Å²) < 4.78 is 0. The van der Waals surface area contributed by atoms with Crippen LogP contribution in [0.25, 0.3) is 0 Å². The molecule has 1 saturated carbocycles. The van der Waals surface area contributed by atoms with E-state index in [1.807, 2.05) is 0 Å². The molecule has 1 nitrogen and oxygen atoms in total. The Kier molecular flexibility index (Phi) is 4.47. The third-order valence-corrected chi connectivity index (χ3v) is 3.15. The SMILES string of the molecule is CCC[C@H](C)C[C@@H]1CCCCC1=O. The summed E-state index contributed by atoms with van der Waals surface area (Å²) in [6.07, 6.45) is 8.10. The van der Waals surface area contributed by atoms with Gasteiger partial charge in [-0.05, 0) is 25.2 Å². The third-order valence-electron chi connectivity index (χ3n) is 3.15. The van der Waals surface area contributed by atoms with Gasteiger partial charge in [-0.15, -0.1) is 0 Å². The molecule has 0 aromatic heterocycles. The van der Waals surface area contributed by atoms with Gasteiger partial charge >= 0.3 is 0 Å². The predicted octanol–water partition coefficient (Wildman–Crippen LogP) is 3.57. The van der Waals surface area contributed by atoms with Crippen molar-refractivity contribution in [2.45, 2.75) is 58.8 Å². The summed E-state index contributed by atoms with van der Waals surface area (Å²) in [6, 6.07) is 0. The maximum atomic E-state index is 11.5. The van der Waals surface area contributed by atoms with Gasteiger partial charge in [0.05, 0.1) is 0 Å². The van der Waals surface area contributed by atoms with Crippen LogP contribution in [0.4, 0.5) is 0 Å². The highest BCUT2D eigenvalue weighted by molar-refractivity contribution is 5.81. The van der Waals surface area contributed by atoms with Crippen molar-refractivity contribution in [2.24, 2.45) is 11.8 Å². The summed E-state index contributed by atoms with van der Waals surface area (Å²) in [5, 5.41) is 0. The van der Waals surface area contributed by atoms with E-state index in [0.29, 0.717) is 11.7 Å². The van der Waals surface area contributed by atoms with Crippen LogP contribution in [-0.4, -0.2) is 5.78 Å². The molecule has 1 fully saturated rings. The van der Waals surface area contributed by atoms with Gasteiger partial charge < -0.3 is 0 Å². The number of ketones is 1. The van der Waals surface area contributed by atoms with Crippen molar-refractivity contribution < 1.29 is 4.79 Å². The van der Waals surface area contributed by atoms with Crippen LogP contribution in [-0.2, 0) is 4.79 Å². The summed E-state index contributed by atoms with van der Waals surface area (Å²) in [5.74, 6) is 1.70. The summed E-state index contributed by atoms with van der Waals surface area (Å²) in [4.78, 5) is 11.5. The lowest BCUT2D eigenvalue weighted by Gasteiger charge is -2.23. The van der Waals surface area contributed by atoms with E-state index in [-0.39, 0.29) is 0 Å². The zero-order chi connectivity index (χ0) is 9.68. The number of hydrogen-bond acceptors (Lipinski definition) is 1. The first-order chi connectivity index (χ1) is 6.24. The summed E-state index contributed by atoms with van der Waals surface area (Å²) in [6.45, 7) is 4.50. The molecule has 0 aromatic carbocycles. The molecule has 0 aromatic rings. The average molecular weight is 182 g/mol. The lowest BCUT2D eigenvalue weighted by Crippen LogP contribution is -2.21. The number of hydrogen-bond donors (Lipinski definition) is 0. The lowest BCUT2D eigenvalue weighted by molar-refractivity contribution is -0.125. The van der Waals surface area contributed by atoms with E-state index in [0.717, 1.165) is 31.6 Å². The van der Waals surface area contributed by atoms with Crippen LogP contribution in [0.2, 0.25) is 0 Å². The molecule has 0 amide bonds. The molecule has 13 heavy (non-hydrogen) atoms. The van der Waals surface area contributed by atoms with Crippen molar-refractivity contribution in [1.82, 2.24) is 0 Å². The Hall–Kier alpha value is -0.330. The summed E-state index contributed by atoms with van der Waals surface area (Å²) in [7, 11) is 0. The Morgan fingerprint density at radius 1 is 1.46 bits per heavy atom. The molecule has 0 unspecified atom stereocenters. The van der Waals surface area contributed by atoms with Gasteiger partial charge in [-0.2, -0.15) is 0 Å². The Balaban J connectivity index is 2.29. The second-order valence-electron chi connectivity index (χ2n) is 4.54. The molecule has 1 aliphatic rings. The molecule has 0 aliphatic heterocycles. The first-order valence-electron chi connectivity index (χ1n) is 5.76. The monoisotopic (exact) mass is 182 g/mol.